The van der Waals surface area contributed by atoms with Crippen molar-refractivity contribution in [1.82, 2.24) is 10.6 Å². The van der Waals surface area contributed by atoms with Crippen LogP contribution >= 0.6 is 11.6 Å². The van der Waals surface area contributed by atoms with Crippen LogP contribution in [0.25, 0.3) is 0 Å². The Morgan fingerprint density at radius 1 is 0.929 bits per heavy atom. The molecule has 2 rings (SSSR count). The lowest BCUT2D eigenvalue weighted by Gasteiger charge is -2.14. The first kappa shape index (κ1) is 21.7. The SMILES string of the molecule is CCNC(=NCc1cc(OC)c(OC)cc1OC)NCCc1ccc(Cl)cc1. The van der Waals surface area contributed by atoms with E-state index in [2.05, 4.69) is 15.6 Å². The molecule has 0 aromatic heterocycles. The summed E-state index contributed by atoms with van der Waals surface area (Å²) in [5.74, 6) is 2.72. The highest BCUT2D eigenvalue weighted by Crippen LogP contribution is 2.34. The molecule has 0 aliphatic heterocycles. The van der Waals surface area contributed by atoms with Crippen molar-refractivity contribution in [2.45, 2.75) is 19.9 Å². The van der Waals surface area contributed by atoms with Crippen molar-refractivity contribution in [2.75, 3.05) is 34.4 Å². The topological polar surface area (TPSA) is 64.1 Å². The molecule has 0 aliphatic carbocycles. The lowest BCUT2D eigenvalue weighted by atomic mass is 10.1. The van der Waals surface area contributed by atoms with E-state index in [0.29, 0.717) is 23.8 Å². The molecule has 0 bridgehead atoms. The molecule has 2 aromatic rings. The largest absolute Gasteiger partial charge is 0.496 e. The maximum Gasteiger partial charge on any atom is 0.191 e. The van der Waals surface area contributed by atoms with E-state index in [0.717, 1.165) is 36.1 Å². The molecule has 0 radical (unpaired) electrons. The van der Waals surface area contributed by atoms with E-state index in [1.165, 1.54) is 5.56 Å². The molecule has 2 aromatic carbocycles. The van der Waals surface area contributed by atoms with Gasteiger partial charge in [0, 0.05) is 29.7 Å². The van der Waals surface area contributed by atoms with Crippen molar-refractivity contribution >= 4 is 17.6 Å². The summed E-state index contributed by atoms with van der Waals surface area (Å²) < 4.78 is 16.2. The van der Waals surface area contributed by atoms with Gasteiger partial charge in [-0.05, 0) is 37.1 Å². The number of aliphatic imine (C=N–C) groups is 1. The Bertz CT molecular complexity index is 779. The third kappa shape index (κ3) is 6.23. The number of nitrogens with zero attached hydrogens (tertiary/aromatic N) is 1. The fraction of sp³-hybridized carbons (Fsp3) is 0.381. The average molecular weight is 406 g/mol. The maximum absolute atomic E-state index is 5.93. The number of guanidine groups is 1. The quantitative estimate of drug-likeness (QED) is 0.492. The van der Waals surface area contributed by atoms with Crippen molar-refractivity contribution in [1.29, 1.82) is 0 Å². The highest BCUT2D eigenvalue weighted by molar-refractivity contribution is 6.30. The third-order valence-corrected chi connectivity index (χ3v) is 4.41. The lowest BCUT2D eigenvalue weighted by Crippen LogP contribution is -2.38. The minimum atomic E-state index is 0.444. The highest BCUT2D eigenvalue weighted by atomic mass is 35.5. The zero-order chi connectivity index (χ0) is 20.4. The number of nitrogens with one attached hydrogen (secondary N) is 2. The number of hydrogen-bond donors (Lipinski definition) is 2. The summed E-state index contributed by atoms with van der Waals surface area (Å²) >= 11 is 5.93. The van der Waals surface area contributed by atoms with Gasteiger partial charge in [-0.1, -0.05) is 23.7 Å². The number of hydrogen-bond acceptors (Lipinski definition) is 4. The van der Waals surface area contributed by atoms with Crippen molar-refractivity contribution in [2.24, 2.45) is 4.99 Å². The summed E-state index contributed by atoms with van der Waals surface area (Å²) in [5.41, 5.74) is 2.13. The average Bonchev–Trinajstić information content (AvgIpc) is 2.72. The van der Waals surface area contributed by atoms with Crippen molar-refractivity contribution in [3.05, 3.63) is 52.5 Å². The van der Waals surface area contributed by atoms with E-state index < -0.39 is 0 Å². The molecule has 0 atom stereocenters. The second kappa shape index (κ2) is 11.3. The van der Waals surface area contributed by atoms with Crippen LogP contribution in [0.1, 0.15) is 18.1 Å². The van der Waals surface area contributed by atoms with Gasteiger partial charge < -0.3 is 24.8 Å². The number of rotatable bonds is 9. The summed E-state index contributed by atoms with van der Waals surface area (Å²) in [4.78, 5) is 4.67. The zero-order valence-corrected chi connectivity index (χ0v) is 17.6. The van der Waals surface area contributed by atoms with E-state index in [9.17, 15) is 0 Å². The second-order valence-electron chi connectivity index (χ2n) is 6.02. The summed E-state index contributed by atoms with van der Waals surface area (Å²) in [6, 6.07) is 11.6. The second-order valence-corrected chi connectivity index (χ2v) is 6.45. The van der Waals surface area contributed by atoms with E-state index in [1.54, 1.807) is 21.3 Å². The molecule has 0 saturated carbocycles. The Morgan fingerprint density at radius 3 is 2.18 bits per heavy atom. The molecule has 0 fully saturated rings. The van der Waals surface area contributed by atoms with Gasteiger partial charge in [-0.2, -0.15) is 0 Å². The predicted molar refractivity (Wildman–Crippen MR) is 114 cm³/mol. The molecule has 2 N–H and O–H groups in total. The Hall–Kier alpha value is -2.60. The van der Waals surface area contributed by atoms with Crippen molar-refractivity contribution in [3.8, 4) is 17.2 Å². The number of benzene rings is 2. The van der Waals surface area contributed by atoms with Crippen LogP contribution in [0.4, 0.5) is 0 Å². The van der Waals surface area contributed by atoms with Gasteiger partial charge in [0.15, 0.2) is 17.5 Å². The van der Waals surface area contributed by atoms with E-state index in [1.807, 2.05) is 43.3 Å². The third-order valence-electron chi connectivity index (χ3n) is 4.16. The van der Waals surface area contributed by atoms with Crippen LogP contribution in [0.2, 0.25) is 5.02 Å². The fourth-order valence-corrected chi connectivity index (χ4v) is 2.82. The van der Waals surface area contributed by atoms with Crippen LogP contribution in [0.5, 0.6) is 17.2 Å². The van der Waals surface area contributed by atoms with Crippen LogP contribution in [-0.2, 0) is 13.0 Å². The summed E-state index contributed by atoms with van der Waals surface area (Å²) in [5, 5.41) is 7.36. The summed E-state index contributed by atoms with van der Waals surface area (Å²) in [7, 11) is 4.84. The summed E-state index contributed by atoms with van der Waals surface area (Å²) in [6.07, 6.45) is 0.876. The minimum absolute atomic E-state index is 0.444. The van der Waals surface area contributed by atoms with Crippen molar-refractivity contribution in [3.63, 3.8) is 0 Å². The molecule has 0 spiro atoms. The lowest BCUT2D eigenvalue weighted by molar-refractivity contribution is 0.347. The molecule has 0 unspecified atom stereocenters. The normalized spacial score (nSPS) is 11.1. The van der Waals surface area contributed by atoms with E-state index in [4.69, 9.17) is 25.8 Å². The molecule has 7 heteroatoms. The molecule has 0 saturated heterocycles. The van der Waals surface area contributed by atoms with Gasteiger partial charge >= 0.3 is 0 Å². The Morgan fingerprint density at radius 2 is 1.57 bits per heavy atom. The Kier molecular flexibility index (Phi) is 8.75. The zero-order valence-electron chi connectivity index (χ0n) is 16.8. The van der Waals surface area contributed by atoms with Gasteiger partial charge in [0.05, 0.1) is 27.9 Å². The standard InChI is InChI=1S/C21H28ClN3O3/c1-5-23-21(24-11-10-15-6-8-17(22)9-7-15)25-14-16-12-19(27-3)20(28-4)13-18(16)26-2/h6-9,12-13H,5,10-11,14H2,1-4H3,(H2,23,24,25). The first-order valence-corrected chi connectivity index (χ1v) is 9.54. The molecule has 28 heavy (non-hydrogen) atoms. The Labute approximate surface area is 171 Å². The summed E-state index contributed by atoms with van der Waals surface area (Å²) in [6.45, 7) is 4.01. The number of methoxy groups -OCH3 is 3. The number of ether oxygens (including phenoxy) is 3. The number of halogens is 1. The van der Waals surface area contributed by atoms with E-state index in [-0.39, 0.29) is 0 Å². The van der Waals surface area contributed by atoms with Crippen molar-refractivity contribution < 1.29 is 14.2 Å². The van der Waals surface area contributed by atoms with Crippen LogP contribution in [0.15, 0.2) is 41.4 Å². The first-order valence-electron chi connectivity index (χ1n) is 9.16. The van der Waals surface area contributed by atoms with Crippen LogP contribution in [-0.4, -0.2) is 40.4 Å². The highest BCUT2D eigenvalue weighted by Gasteiger charge is 2.11. The molecular weight excluding hydrogens is 378 g/mol. The van der Waals surface area contributed by atoms with Gasteiger partial charge in [-0.25, -0.2) is 4.99 Å². The smallest absolute Gasteiger partial charge is 0.191 e. The van der Waals surface area contributed by atoms with E-state index >= 15 is 0 Å². The molecule has 0 aliphatic rings. The molecular formula is C21H28ClN3O3. The van der Waals surface area contributed by atoms with Crippen LogP contribution < -0.4 is 24.8 Å². The van der Waals surface area contributed by atoms with Crippen LogP contribution in [0, 0.1) is 0 Å². The first-order chi connectivity index (χ1) is 13.6. The van der Waals surface area contributed by atoms with Gasteiger partial charge in [0.2, 0.25) is 0 Å². The van der Waals surface area contributed by atoms with Gasteiger partial charge in [0.25, 0.3) is 0 Å². The van der Waals surface area contributed by atoms with Gasteiger partial charge in [0.1, 0.15) is 5.75 Å². The Balaban J connectivity index is 2.05. The minimum Gasteiger partial charge on any atom is -0.496 e. The molecule has 6 nitrogen and oxygen atoms in total. The fourth-order valence-electron chi connectivity index (χ4n) is 2.70. The van der Waals surface area contributed by atoms with Gasteiger partial charge in [-0.3, -0.25) is 0 Å². The molecule has 152 valence electrons. The molecule has 0 heterocycles. The molecule has 0 amide bonds. The monoisotopic (exact) mass is 405 g/mol. The predicted octanol–water partition coefficient (Wildman–Crippen LogP) is 3.66. The van der Waals surface area contributed by atoms with Gasteiger partial charge in [-0.15, -0.1) is 0 Å². The van der Waals surface area contributed by atoms with Crippen LogP contribution in [0.3, 0.4) is 0 Å². The maximum atomic E-state index is 5.93.